The number of likely N-dealkylation sites (N-methyl/N-ethyl adjacent to an activating group) is 1. The third-order valence-corrected chi connectivity index (χ3v) is 10.7. The van der Waals surface area contributed by atoms with E-state index in [1.807, 2.05) is 58.0 Å². The molecule has 4 amide bonds. The molecule has 1 saturated heterocycles. The largest absolute Gasteiger partial charge is 0.467 e. The predicted octanol–water partition coefficient (Wildman–Crippen LogP) is 2.93. The molecule has 8 unspecified atom stereocenters. The Morgan fingerprint density at radius 1 is 1.00 bits per heavy atom. The molecule has 1 fully saturated rings. The van der Waals surface area contributed by atoms with Crippen molar-refractivity contribution in [1.82, 2.24) is 20.4 Å². The van der Waals surface area contributed by atoms with Crippen LogP contribution in [0.5, 0.6) is 0 Å². The van der Waals surface area contributed by atoms with Crippen molar-refractivity contribution in [2.45, 2.75) is 117 Å². The lowest BCUT2D eigenvalue weighted by Gasteiger charge is -2.41. The second kappa shape index (κ2) is 20.6. The van der Waals surface area contributed by atoms with Gasteiger partial charge in [-0.3, -0.25) is 19.2 Å². The van der Waals surface area contributed by atoms with E-state index in [-0.39, 0.29) is 54.9 Å². The number of carbonyl (C=O) groups excluding carboxylic acids is 5. The van der Waals surface area contributed by atoms with Crippen LogP contribution in [-0.2, 0) is 44.6 Å². The molecule has 13 nitrogen and oxygen atoms in total. The van der Waals surface area contributed by atoms with Crippen LogP contribution < -0.4 is 16.4 Å². The van der Waals surface area contributed by atoms with Crippen LogP contribution >= 0.6 is 0 Å². The number of nitrogens with zero attached hydrogens (tertiary/aromatic N) is 2. The van der Waals surface area contributed by atoms with Gasteiger partial charge in [0, 0.05) is 40.8 Å². The number of hydrogen-bond acceptors (Lipinski definition) is 9. The van der Waals surface area contributed by atoms with Crippen LogP contribution in [0.3, 0.4) is 0 Å². The summed E-state index contributed by atoms with van der Waals surface area (Å²) in [4.78, 5) is 70.9. The Morgan fingerprint density at radius 3 is 2.15 bits per heavy atom. The summed E-state index contributed by atoms with van der Waals surface area (Å²) in [5.41, 5.74) is 5.86. The number of benzene rings is 1. The van der Waals surface area contributed by atoms with Gasteiger partial charge in [0.2, 0.25) is 23.6 Å². The number of likely N-dealkylation sites (tertiary alicyclic amines) is 1. The van der Waals surface area contributed by atoms with Gasteiger partial charge in [-0.1, -0.05) is 71.4 Å². The minimum absolute atomic E-state index is 0.00294. The number of hydrogen-bond donors (Lipinski definition) is 3. The minimum atomic E-state index is -0.892. The Balaban J connectivity index is 2.28. The fourth-order valence-electron chi connectivity index (χ4n) is 6.96. The molecular formula is C39H65N5O8. The number of rotatable bonds is 20. The van der Waals surface area contributed by atoms with Gasteiger partial charge >= 0.3 is 5.97 Å². The Kier molecular flexibility index (Phi) is 17.7. The highest BCUT2D eigenvalue weighted by molar-refractivity contribution is 5.90. The summed E-state index contributed by atoms with van der Waals surface area (Å²) in [6.07, 6.45) is 1.04. The molecule has 1 aliphatic heterocycles. The average Bonchev–Trinajstić information content (AvgIpc) is 3.62. The van der Waals surface area contributed by atoms with Crippen LogP contribution in [0.4, 0.5) is 0 Å². The van der Waals surface area contributed by atoms with Crippen molar-refractivity contribution in [3.05, 3.63) is 35.9 Å². The van der Waals surface area contributed by atoms with E-state index in [9.17, 15) is 24.0 Å². The zero-order valence-electron chi connectivity index (χ0n) is 33.3. The molecule has 0 radical (unpaired) electrons. The molecule has 52 heavy (non-hydrogen) atoms. The van der Waals surface area contributed by atoms with Crippen molar-refractivity contribution in [3.8, 4) is 0 Å². The van der Waals surface area contributed by atoms with Crippen LogP contribution in [0.1, 0.15) is 79.7 Å². The van der Waals surface area contributed by atoms with Crippen LogP contribution in [0, 0.1) is 23.2 Å². The van der Waals surface area contributed by atoms with Crippen LogP contribution in [-0.4, -0.2) is 117 Å². The van der Waals surface area contributed by atoms with Gasteiger partial charge in [0.05, 0.1) is 49.2 Å². The average molecular weight is 732 g/mol. The first-order chi connectivity index (χ1) is 24.5. The maximum atomic E-state index is 14.1. The quantitative estimate of drug-likeness (QED) is 0.171. The Labute approximate surface area is 311 Å². The third kappa shape index (κ3) is 11.5. The second-order valence-electron chi connectivity index (χ2n) is 15.1. The van der Waals surface area contributed by atoms with Crippen molar-refractivity contribution >= 4 is 29.6 Å². The normalized spacial score (nSPS) is 18.8. The monoisotopic (exact) mass is 731 g/mol. The summed E-state index contributed by atoms with van der Waals surface area (Å²) >= 11 is 0. The van der Waals surface area contributed by atoms with E-state index < -0.39 is 53.7 Å². The van der Waals surface area contributed by atoms with Gasteiger partial charge in [0.1, 0.15) is 12.1 Å². The highest BCUT2D eigenvalue weighted by atomic mass is 16.5. The summed E-state index contributed by atoms with van der Waals surface area (Å²) in [5, 5.41) is 5.77. The van der Waals surface area contributed by atoms with Gasteiger partial charge in [0.15, 0.2) is 0 Å². The zero-order valence-corrected chi connectivity index (χ0v) is 33.3. The number of esters is 1. The molecule has 1 aromatic carbocycles. The van der Waals surface area contributed by atoms with Gasteiger partial charge in [0.25, 0.3) is 0 Å². The van der Waals surface area contributed by atoms with Crippen LogP contribution in [0.2, 0.25) is 0 Å². The molecule has 8 atom stereocenters. The molecule has 294 valence electrons. The number of nitrogens with one attached hydrogen (secondary N) is 2. The first kappa shape index (κ1) is 44.6. The van der Waals surface area contributed by atoms with E-state index in [1.165, 1.54) is 21.3 Å². The summed E-state index contributed by atoms with van der Waals surface area (Å²) in [6.45, 7) is 13.6. The molecule has 13 heteroatoms. The number of methoxy groups -OCH3 is 3. The lowest BCUT2D eigenvalue weighted by Crippen LogP contribution is -2.59. The molecule has 0 spiro atoms. The molecule has 1 aliphatic rings. The van der Waals surface area contributed by atoms with Gasteiger partial charge in [-0.25, -0.2) is 4.79 Å². The number of ether oxygens (including phenoxy) is 3. The molecule has 4 N–H and O–H groups in total. The summed E-state index contributed by atoms with van der Waals surface area (Å²) < 4.78 is 16.9. The summed E-state index contributed by atoms with van der Waals surface area (Å²) in [7, 11) is 6.04. The summed E-state index contributed by atoms with van der Waals surface area (Å²) in [6, 6.07) is 6.80. The molecule has 1 heterocycles. The fraction of sp³-hybridized carbons (Fsp3) is 0.718. The molecule has 1 aromatic rings. The third-order valence-electron chi connectivity index (χ3n) is 10.7. The highest BCUT2D eigenvalue weighted by Gasteiger charge is 2.43. The minimum Gasteiger partial charge on any atom is -0.467 e. The molecule has 0 bridgehead atoms. The highest BCUT2D eigenvalue weighted by Crippen LogP contribution is 2.30. The number of carbonyl (C=O) groups is 5. The lowest BCUT2D eigenvalue weighted by molar-refractivity contribution is -0.149. The van der Waals surface area contributed by atoms with Crippen LogP contribution in [0.15, 0.2) is 30.3 Å². The van der Waals surface area contributed by atoms with E-state index >= 15 is 0 Å². The zero-order chi connectivity index (χ0) is 39.3. The Bertz CT molecular complexity index is 1320. The first-order valence-corrected chi connectivity index (χ1v) is 18.5. The SMILES string of the molecule is CCC(C)C(C(CC(=O)N1CCCC1C(OC)C(C)C(=O)NC(Cc1ccccc1)C(=O)OC)OC)N(C)C(=O)C(NC(=O)C(C)(C)CN)C(C)C. The maximum absolute atomic E-state index is 14.1. The predicted molar refractivity (Wildman–Crippen MR) is 200 cm³/mol. The van der Waals surface area contributed by atoms with E-state index in [0.29, 0.717) is 13.0 Å². The maximum Gasteiger partial charge on any atom is 0.328 e. The van der Waals surface area contributed by atoms with Crippen LogP contribution in [0.25, 0.3) is 0 Å². The molecular weight excluding hydrogens is 666 g/mol. The van der Waals surface area contributed by atoms with Crippen molar-refractivity contribution in [2.75, 3.05) is 41.5 Å². The standard InChI is InChI=1S/C39H65N5O8/c1-12-25(4)33(43(8)36(47)32(24(2)3)42-38(49)39(6,7)23-40)30(50-9)22-31(45)44-20-16-19-29(44)34(51-10)26(5)35(46)41-28(37(48)52-11)21-27-17-14-13-15-18-27/h13-15,17-18,24-26,28-30,32-34H,12,16,19-23,40H2,1-11H3,(H,41,46)(H,42,49). The molecule has 0 aromatic heterocycles. The first-order valence-electron chi connectivity index (χ1n) is 18.5. The van der Waals surface area contributed by atoms with Crippen molar-refractivity contribution in [1.29, 1.82) is 0 Å². The van der Waals surface area contributed by atoms with E-state index in [1.54, 1.807) is 37.6 Å². The van der Waals surface area contributed by atoms with Gasteiger partial charge < -0.3 is 40.4 Å². The molecule has 2 rings (SSSR count). The Morgan fingerprint density at radius 2 is 1.63 bits per heavy atom. The lowest BCUT2D eigenvalue weighted by atomic mass is 9.88. The van der Waals surface area contributed by atoms with Gasteiger partial charge in [-0.05, 0) is 44.1 Å². The van der Waals surface area contributed by atoms with Gasteiger partial charge in [-0.2, -0.15) is 0 Å². The topological polar surface area (TPSA) is 170 Å². The van der Waals surface area contributed by atoms with E-state index in [4.69, 9.17) is 19.9 Å². The summed E-state index contributed by atoms with van der Waals surface area (Å²) in [5.74, 6) is -2.63. The molecule has 0 aliphatic carbocycles. The van der Waals surface area contributed by atoms with Crippen molar-refractivity contribution in [2.24, 2.45) is 28.9 Å². The van der Waals surface area contributed by atoms with E-state index in [0.717, 1.165) is 18.4 Å². The Hall–Kier alpha value is -3.55. The number of nitrogens with two attached hydrogens (primary N) is 1. The van der Waals surface area contributed by atoms with Crippen molar-refractivity contribution in [3.63, 3.8) is 0 Å². The number of amides is 4. The van der Waals surface area contributed by atoms with Crippen molar-refractivity contribution < 1.29 is 38.2 Å². The smallest absolute Gasteiger partial charge is 0.328 e. The van der Waals surface area contributed by atoms with E-state index in [2.05, 4.69) is 10.6 Å². The fourth-order valence-corrected chi connectivity index (χ4v) is 6.96. The second-order valence-corrected chi connectivity index (χ2v) is 15.1. The molecule has 0 saturated carbocycles. The van der Waals surface area contributed by atoms with Gasteiger partial charge in [-0.15, -0.1) is 0 Å².